The highest BCUT2D eigenvalue weighted by molar-refractivity contribution is 5.05. The van der Waals surface area contributed by atoms with Crippen LogP contribution < -0.4 is 5.32 Å². The molecule has 1 fully saturated rings. The Kier molecular flexibility index (Phi) is 4.20. The number of rotatable bonds is 6. The molecule has 1 saturated heterocycles. The molecule has 0 aromatic carbocycles. The summed E-state index contributed by atoms with van der Waals surface area (Å²) in [5, 5.41) is 12.2. The molecule has 1 heterocycles. The highest BCUT2D eigenvalue weighted by Gasteiger charge is 2.38. The molecule has 0 aliphatic carbocycles. The van der Waals surface area contributed by atoms with Gasteiger partial charge < -0.3 is 10.1 Å². The number of nitrogens with zero attached hydrogens (tertiary/aromatic N) is 1. The van der Waals surface area contributed by atoms with Gasteiger partial charge in [-0.15, -0.1) is 0 Å². The Labute approximate surface area is 80.1 Å². The molecule has 3 nitrogen and oxygen atoms in total. The van der Waals surface area contributed by atoms with Crippen molar-refractivity contribution < 1.29 is 4.74 Å². The minimum atomic E-state index is -0.216. The molecule has 0 bridgehead atoms. The Bertz CT molecular complexity index is 182. The standard InChI is InChI=1S/C10H18N2O/c1-2-3-4-5-12-7-10(6-11)8-13-9-10/h12H,2-5,7-9H2,1H3. The summed E-state index contributed by atoms with van der Waals surface area (Å²) in [5.74, 6) is 0. The number of nitrogens with one attached hydrogen (secondary N) is 1. The SMILES string of the molecule is CCCCCNCC1(C#N)COC1. The lowest BCUT2D eigenvalue weighted by atomic mass is 9.88. The van der Waals surface area contributed by atoms with E-state index in [1.165, 1.54) is 19.3 Å². The summed E-state index contributed by atoms with van der Waals surface area (Å²) in [6.45, 7) is 5.20. The highest BCUT2D eigenvalue weighted by atomic mass is 16.5. The molecule has 0 aromatic rings. The van der Waals surface area contributed by atoms with Crippen LogP contribution in [0.15, 0.2) is 0 Å². The molecule has 3 heteroatoms. The zero-order chi connectivity index (χ0) is 9.57. The molecule has 1 N–H and O–H groups in total. The van der Waals surface area contributed by atoms with Gasteiger partial charge in [-0.2, -0.15) is 5.26 Å². The summed E-state index contributed by atoms with van der Waals surface area (Å²) >= 11 is 0. The van der Waals surface area contributed by atoms with E-state index in [-0.39, 0.29) is 5.41 Å². The van der Waals surface area contributed by atoms with Gasteiger partial charge in [0, 0.05) is 6.54 Å². The number of unbranched alkanes of at least 4 members (excludes halogenated alkanes) is 2. The van der Waals surface area contributed by atoms with E-state index in [2.05, 4.69) is 18.3 Å². The minimum Gasteiger partial charge on any atom is -0.378 e. The smallest absolute Gasteiger partial charge is 0.116 e. The van der Waals surface area contributed by atoms with Crippen LogP contribution in [-0.2, 0) is 4.74 Å². The molecule has 74 valence electrons. The topological polar surface area (TPSA) is 45.0 Å². The van der Waals surface area contributed by atoms with Crippen LogP contribution in [-0.4, -0.2) is 26.3 Å². The first kappa shape index (κ1) is 10.5. The van der Waals surface area contributed by atoms with Crippen molar-refractivity contribution in [1.82, 2.24) is 5.32 Å². The molecule has 0 amide bonds. The monoisotopic (exact) mass is 182 g/mol. The van der Waals surface area contributed by atoms with Crippen molar-refractivity contribution in [3.05, 3.63) is 0 Å². The Morgan fingerprint density at radius 1 is 1.46 bits per heavy atom. The lowest BCUT2D eigenvalue weighted by Crippen LogP contribution is -2.48. The van der Waals surface area contributed by atoms with Crippen molar-refractivity contribution in [2.45, 2.75) is 26.2 Å². The van der Waals surface area contributed by atoms with Gasteiger partial charge in [-0.25, -0.2) is 0 Å². The van der Waals surface area contributed by atoms with E-state index in [9.17, 15) is 0 Å². The number of hydrogen-bond acceptors (Lipinski definition) is 3. The third-order valence-corrected chi connectivity index (χ3v) is 2.41. The van der Waals surface area contributed by atoms with Gasteiger partial charge in [-0.05, 0) is 13.0 Å². The van der Waals surface area contributed by atoms with E-state index in [1.54, 1.807) is 0 Å². The van der Waals surface area contributed by atoms with Gasteiger partial charge in [0.15, 0.2) is 0 Å². The largest absolute Gasteiger partial charge is 0.378 e. The Morgan fingerprint density at radius 2 is 2.23 bits per heavy atom. The van der Waals surface area contributed by atoms with Crippen molar-refractivity contribution in [2.24, 2.45) is 5.41 Å². The lowest BCUT2D eigenvalue weighted by Gasteiger charge is -2.35. The molecule has 0 saturated carbocycles. The third-order valence-electron chi connectivity index (χ3n) is 2.41. The van der Waals surface area contributed by atoms with E-state index in [1.807, 2.05) is 0 Å². The van der Waals surface area contributed by atoms with Crippen molar-refractivity contribution in [1.29, 1.82) is 5.26 Å². The van der Waals surface area contributed by atoms with Crippen LogP contribution in [0.3, 0.4) is 0 Å². The molecule has 0 spiro atoms. The molecule has 0 atom stereocenters. The fourth-order valence-corrected chi connectivity index (χ4v) is 1.38. The Hall–Kier alpha value is -0.590. The molecular formula is C10H18N2O. The van der Waals surface area contributed by atoms with Crippen molar-refractivity contribution in [3.8, 4) is 6.07 Å². The molecule has 0 radical (unpaired) electrons. The number of ether oxygens (including phenoxy) is 1. The van der Waals surface area contributed by atoms with Gasteiger partial charge in [-0.3, -0.25) is 0 Å². The zero-order valence-electron chi connectivity index (χ0n) is 8.31. The first-order chi connectivity index (χ1) is 6.33. The maximum atomic E-state index is 8.87. The van der Waals surface area contributed by atoms with Crippen molar-refractivity contribution >= 4 is 0 Å². The molecule has 13 heavy (non-hydrogen) atoms. The van der Waals surface area contributed by atoms with Crippen LogP contribution in [0.4, 0.5) is 0 Å². The van der Waals surface area contributed by atoms with Crippen LogP contribution in [0.1, 0.15) is 26.2 Å². The first-order valence-corrected chi connectivity index (χ1v) is 5.03. The van der Waals surface area contributed by atoms with Gasteiger partial charge in [0.2, 0.25) is 0 Å². The average Bonchev–Trinajstić information content (AvgIpc) is 2.09. The van der Waals surface area contributed by atoms with Crippen molar-refractivity contribution in [2.75, 3.05) is 26.3 Å². The second kappa shape index (κ2) is 5.21. The van der Waals surface area contributed by atoms with E-state index in [0.29, 0.717) is 13.2 Å². The summed E-state index contributed by atoms with van der Waals surface area (Å²) in [5.41, 5.74) is -0.216. The highest BCUT2D eigenvalue weighted by Crippen LogP contribution is 2.24. The second-order valence-corrected chi connectivity index (χ2v) is 3.77. The van der Waals surface area contributed by atoms with Gasteiger partial charge in [-0.1, -0.05) is 19.8 Å². The molecule has 1 aliphatic rings. The van der Waals surface area contributed by atoms with E-state index in [0.717, 1.165) is 13.1 Å². The first-order valence-electron chi connectivity index (χ1n) is 5.03. The molecule has 1 rings (SSSR count). The average molecular weight is 182 g/mol. The lowest BCUT2D eigenvalue weighted by molar-refractivity contribution is -0.0753. The third kappa shape index (κ3) is 2.98. The van der Waals surface area contributed by atoms with E-state index < -0.39 is 0 Å². The number of hydrogen-bond donors (Lipinski definition) is 1. The fourth-order valence-electron chi connectivity index (χ4n) is 1.38. The molecule has 0 aromatic heterocycles. The van der Waals surface area contributed by atoms with Crippen LogP contribution in [0.5, 0.6) is 0 Å². The predicted molar refractivity (Wildman–Crippen MR) is 51.3 cm³/mol. The van der Waals surface area contributed by atoms with Gasteiger partial charge >= 0.3 is 0 Å². The van der Waals surface area contributed by atoms with Crippen LogP contribution in [0.25, 0.3) is 0 Å². The zero-order valence-corrected chi connectivity index (χ0v) is 8.31. The van der Waals surface area contributed by atoms with Crippen LogP contribution in [0, 0.1) is 16.7 Å². The van der Waals surface area contributed by atoms with Crippen LogP contribution >= 0.6 is 0 Å². The molecular weight excluding hydrogens is 164 g/mol. The van der Waals surface area contributed by atoms with Gasteiger partial charge in [0.25, 0.3) is 0 Å². The maximum absolute atomic E-state index is 8.87. The van der Waals surface area contributed by atoms with Gasteiger partial charge in [0.05, 0.1) is 19.3 Å². The summed E-state index contributed by atoms with van der Waals surface area (Å²) in [6, 6.07) is 2.32. The molecule has 0 unspecified atom stereocenters. The minimum absolute atomic E-state index is 0.216. The van der Waals surface area contributed by atoms with E-state index in [4.69, 9.17) is 10.00 Å². The fraction of sp³-hybridized carbons (Fsp3) is 0.900. The summed E-state index contributed by atoms with van der Waals surface area (Å²) in [4.78, 5) is 0. The summed E-state index contributed by atoms with van der Waals surface area (Å²) < 4.78 is 5.04. The maximum Gasteiger partial charge on any atom is 0.116 e. The summed E-state index contributed by atoms with van der Waals surface area (Å²) in [6.07, 6.45) is 3.72. The number of nitriles is 1. The van der Waals surface area contributed by atoms with Crippen molar-refractivity contribution in [3.63, 3.8) is 0 Å². The Balaban J connectivity index is 2.02. The van der Waals surface area contributed by atoms with Gasteiger partial charge in [0.1, 0.15) is 5.41 Å². The summed E-state index contributed by atoms with van der Waals surface area (Å²) in [7, 11) is 0. The molecule has 1 aliphatic heterocycles. The normalized spacial score (nSPS) is 19.1. The Morgan fingerprint density at radius 3 is 2.69 bits per heavy atom. The quantitative estimate of drug-likeness (QED) is 0.630. The second-order valence-electron chi connectivity index (χ2n) is 3.77. The predicted octanol–water partition coefficient (Wildman–Crippen LogP) is 1.31. The van der Waals surface area contributed by atoms with Crippen LogP contribution in [0.2, 0.25) is 0 Å². The van der Waals surface area contributed by atoms with E-state index >= 15 is 0 Å².